The smallest absolute Gasteiger partial charge is 0.407 e. The number of benzene rings is 2. The Kier molecular flexibility index (Phi) is 7.94. The number of carbonyl (C=O) groups excluding carboxylic acids is 2. The Balaban J connectivity index is 1.70. The van der Waals surface area contributed by atoms with Crippen LogP contribution in [0.3, 0.4) is 0 Å². The molecule has 2 amide bonds. The molecule has 1 aliphatic carbocycles. The third kappa shape index (κ3) is 5.94. The van der Waals surface area contributed by atoms with Crippen LogP contribution in [-0.2, 0) is 19.1 Å². The maximum atomic E-state index is 13.0. The molecule has 0 bridgehead atoms. The molecule has 0 aliphatic heterocycles. The van der Waals surface area contributed by atoms with Gasteiger partial charge in [0.05, 0.1) is 12.0 Å². The van der Waals surface area contributed by atoms with Crippen molar-refractivity contribution in [2.75, 3.05) is 27.3 Å². The first-order chi connectivity index (χ1) is 16.1. The number of nitrogens with zero attached hydrogens (tertiary/aromatic N) is 1. The number of carboxylic acids is 1. The quantitative estimate of drug-likeness (QED) is 0.552. The molecule has 8 heteroatoms. The summed E-state index contributed by atoms with van der Waals surface area (Å²) in [6.45, 7) is 3.78. The number of likely N-dealkylation sites (N-methyl/N-ethyl adjacent to an activating group) is 1. The number of amides is 2. The zero-order valence-electron chi connectivity index (χ0n) is 20.0. The highest BCUT2D eigenvalue weighted by Gasteiger charge is 2.33. The second-order valence-corrected chi connectivity index (χ2v) is 9.09. The van der Waals surface area contributed by atoms with Gasteiger partial charge in [-0.2, -0.15) is 0 Å². The molecule has 2 aromatic carbocycles. The number of fused-ring (bicyclic) bond motifs is 3. The molecular weight excluding hydrogens is 436 g/mol. The second-order valence-electron chi connectivity index (χ2n) is 9.09. The molecule has 0 radical (unpaired) electrons. The van der Waals surface area contributed by atoms with Crippen LogP contribution in [0.25, 0.3) is 11.1 Å². The topological polar surface area (TPSA) is 105 Å². The van der Waals surface area contributed by atoms with Gasteiger partial charge in [-0.05, 0) is 36.1 Å². The van der Waals surface area contributed by atoms with E-state index in [4.69, 9.17) is 14.6 Å². The lowest BCUT2D eigenvalue weighted by Gasteiger charge is -2.30. The summed E-state index contributed by atoms with van der Waals surface area (Å²) in [5.41, 5.74) is 3.75. The Hall–Kier alpha value is -3.39. The summed E-state index contributed by atoms with van der Waals surface area (Å²) < 4.78 is 11.0. The van der Waals surface area contributed by atoms with Crippen LogP contribution in [0.2, 0.25) is 0 Å². The molecule has 1 unspecified atom stereocenters. The molecule has 0 spiro atoms. The zero-order valence-corrected chi connectivity index (χ0v) is 20.0. The van der Waals surface area contributed by atoms with E-state index in [1.54, 1.807) is 0 Å². The largest absolute Gasteiger partial charge is 0.481 e. The van der Waals surface area contributed by atoms with E-state index in [-0.39, 0.29) is 31.9 Å². The van der Waals surface area contributed by atoms with Gasteiger partial charge < -0.3 is 24.8 Å². The Labute approximate surface area is 199 Å². The molecular formula is C26H32N2O6. The summed E-state index contributed by atoms with van der Waals surface area (Å²) in [7, 11) is 3.04. The first-order valence-corrected chi connectivity index (χ1v) is 11.3. The number of aliphatic carboxylic acids is 1. The third-order valence-electron chi connectivity index (χ3n) is 6.22. The molecule has 0 aromatic heterocycles. The number of hydrogen-bond donors (Lipinski definition) is 2. The third-order valence-corrected chi connectivity index (χ3v) is 6.22. The van der Waals surface area contributed by atoms with Gasteiger partial charge in [0, 0.05) is 33.0 Å². The van der Waals surface area contributed by atoms with Crippen molar-refractivity contribution >= 4 is 18.0 Å². The standard InChI is InChI=1S/C26H32N2O6/c1-26(2,33-4)15-22(24(31)28(3)14-13-23(29)30)27-25(32)34-16-21-19-11-7-5-9-17(19)18-10-6-8-12-20(18)21/h5-12,21-22H,13-16H2,1-4H3,(H,27,32)(H,29,30). The fourth-order valence-corrected chi connectivity index (χ4v) is 4.20. The maximum absolute atomic E-state index is 13.0. The van der Waals surface area contributed by atoms with E-state index in [0.29, 0.717) is 0 Å². The van der Waals surface area contributed by atoms with Crippen LogP contribution in [0.4, 0.5) is 4.79 Å². The second kappa shape index (κ2) is 10.7. The zero-order chi connectivity index (χ0) is 24.9. The fraction of sp³-hybridized carbons (Fsp3) is 0.423. The molecule has 1 atom stereocenters. The Morgan fingerprint density at radius 3 is 2.15 bits per heavy atom. The van der Waals surface area contributed by atoms with Crippen molar-refractivity contribution in [3.63, 3.8) is 0 Å². The van der Waals surface area contributed by atoms with Crippen LogP contribution in [0.15, 0.2) is 48.5 Å². The number of alkyl carbamates (subject to hydrolysis) is 1. The molecule has 0 fully saturated rings. The Morgan fingerprint density at radius 1 is 1.06 bits per heavy atom. The van der Waals surface area contributed by atoms with Gasteiger partial charge in [-0.15, -0.1) is 0 Å². The SMILES string of the molecule is COC(C)(C)CC(NC(=O)OCC1c2ccccc2-c2ccccc21)C(=O)N(C)CCC(=O)O. The van der Waals surface area contributed by atoms with Crippen LogP contribution >= 0.6 is 0 Å². The highest BCUT2D eigenvalue weighted by molar-refractivity contribution is 5.86. The number of nitrogens with one attached hydrogen (secondary N) is 1. The first-order valence-electron chi connectivity index (χ1n) is 11.3. The maximum Gasteiger partial charge on any atom is 0.407 e. The van der Waals surface area contributed by atoms with Gasteiger partial charge in [0.15, 0.2) is 0 Å². The predicted molar refractivity (Wildman–Crippen MR) is 128 cm³/mol. The van der Waals surface area contributed by atoms with Crippen LogP contribution < -0.4 is 5.32 Å². The van der Waals surface area contributed by atoms with Gasteiger partial charge >= 0.3 is 12.1 Å². The highest BCUT2D eigenvalue weighted by atomic mass is 16.5. The minimum Gasteiger partial charge on any atom is -0.481 e. The minimum absolute atomic E-state index is 0.0322. The van der Waals surface area contributed by atoms with Crippen molar-refractivity contribution in [3.05, 3.63) is 59.7 Å². The Bertz CT molecular complexity index is 1010. The van der Waals surface area contributed by atoms with Crippen molar-refractivity contribution in [1.29, 1.82) is 0 Å². The van der Waals surface area contributed by atoms with Crippen LogP contribution in [0.1, 0.15) is 43.7 Å². The number of rotatable bonds is 10. The first kappa shape index (κ1) is 25.2. The summed E-state index contributed by atoms with van der Waals surface area (Å²) in [4.78, 5) is 37.9. The summed E-state index contributed by atoms with van der Waals surface area (Å²) in [5, 5.41) is 11.6. The lowest BCUT2D eigenvalue weighted by atomic mass is 9.97. The van der Waals surface area contributed by atoms with E-state index >= 15 is 0 Å². The van der Waals surface area contributed by atoms with Gasteiger partial charge in [0.1, 0.15) is 12.6 Å². The van der Waals surface area contributed by atoms with E-state index in [1.807, 2.05) is 50.2 Å². The van der Waals surface area contributed by atoms with Gasteiger partial charge in [-0.3, -0.25) is 9.59 Å². The molecule has 8 nitrogen and oxygen atoms in total. The molecule has 182 valence electrons. The van der Waals surface area contributed by atoms with E-state index in [0.717, 1.165) is 22.3 Å². The number of methoxy groups -OCH3 is 1. The van der Waals surface area contributed by atoms with Crippen molar-refractivity contribution < 1.29 is 29.0 Å². The minimum atomic E-state index is -1.00. The predicted octanol–water partition coefficient (Wildman–Crippen LogP) is 3.64. The van der Waals surface area contributed by atoms with Crippen LogP contribution in [0, 0.1) is 0 Å². The van der Waals surface area contributed by atoms with Gasteiger partial charge in [0.25, 0.3) is 0 Å². The lowest BCUT2D eigenvalue weighted by Crippen LogP contribution is -2.51. The van der Waals surface area contributed by atoms with E-state index < -0.39 is 29.6 Å². The summed E-state index contributed by atoms with van der Waals surface area (Å²) in [5.74, 6) is -1.50. The summed E-state index contributed by atoms with van der Waals surface area (Å²) in [6, 6.07) is 15.2. The molecule has 34 heavy (non-hydrogen) atoms. The molecule has 3 rings (SSSR count). The molecule has 0 heterocycles. The summed E-state index contributed by atoms with van der Waals surface area (Å²) >= 11 is 0. The summed E-state index contributed by atoms with van der Waals surface area (Å²) in [6.07, 6.45) is -0.698. The van der Waals surface area contributed by atoms with Crippen molar-refractivity contribution in [2.24, 2.45) is 0 Å². The van der Waals surface area contributed by atoms with Crippen LogP contribution in [-0.4, -0.2) is 66.9 Å². The average Bonchev–Trinajstić information content (AvgIpc) is 3.14. The van der Waals surface area contributed by atoms with Gasteiger partial charge in [-0.1, -0.05) is 48.5 Å². The number of carboxylic acid groups (broad SMARTS) is 1. The monoisotopic (exact) mass is 468 g/mol. The number of carbonyl (C=O) groups is 3. The molecule has 1 aliphatic rings. The van der Waals surface area contributed by atoms with Crippen molar-refractivity contribution in [2.45, 2.75) is 44.2 Å². The van der Waals surface area contributed by atoms with E-state index in [9.17, 15) is 14.4 Å². The lowest BCUT2D eigenvalue weighted by molar-refractivity contribution is -0.139. The molecule has 2 aromatic rings. The van der Waals surface area contributed by atoms with Crippen molar-refractivity contribution in [3.8, 4) is 11.1 Å². The van der Waals surface area contributed by atoms with Gasteiger partial charge in [-0.25, -0.2) is 4.79 Å². The molecule has 2 N–H and O–H groups in total. The molecule has 0 saturated heterocycles. The van der Waals surface area contributed by atoms with E-state index in [2.05, 4.69) is 17.4 Å². The number of ether oxygens (including phenoxy) is 2. The molecule has 0 saturated carbocycles. The van der Waals surface area contributed by atoms with Crippen LogP contribution in [0.5, 0.6) is 0 Å². The average molecular weight is 469 g/mol. The number of hydrogen-bond acceptors (Lipinski definition) is 5. The highest BCUT2D eigenvalue weighted by Crippen LogP contribution is 2.44. The van der Waals surface area contributed by atoms with Gasteiger partial charge in [0.2, 0.25) is 5.91 Å². The van der Waals surface area contributed by atoms with E-state index in [1.165, 1.54) is 19.1 Å². The Morgan fingerprint density at radius 2 is 1.62 bits per heavy atom. The van der Waals surface area contributed by atoms with Crippen molar-refractivity contribution in [1.82, 2.24) is 10.2 Å². The normalized spacial score (nSPS) is 13.5. The fourth-order valence-electron chi connectivity index (χ4n) is 4.20.